The zero-order valence-electron chi connectivity index (χ0n) is 21.5. The predicted molar refractivity (Wildman–Crippen MR) is 149 cm³/mol. The summed E-state index contributed by atoms with van der Waals surface area (Å²) < 4.78 is 26.8. The van der Waals surface area contributed by atoms with Gasteiger partial charge in [0.1, 0.15) is 23.1 Å². The first-order chi connectivity index (χ1) is 17.9. The van der Waals surface area contributed by atoms with Crippen molar-refractivity contribution < 1.29 is 29.0 Å². The minimum Gasteiger partial charge on any atom is -0.507 e. The number of aromatic hydroxyl groups is 2. The van der Waals surface area contributed by atoms with E-state index in [9.17, 15) is 19.0 Å². The van der Waals surface area contributed by atoms with Crippen molar-refractivity contribution in [3.63, 3.8) is 0 Å². The van der Waals surface area contributed by atoms with E-state index in [1.807, 2.05) is 27.7 Å². The molecule has 0 radical (unpaired) electrons. The summed E-state index contributed by atoms with van der Waals surface area (Å²) in [6.07, 6.45) is 6.26. The minimum absolute atomic E-state index is 0.0753. The average molecular weight is 587 g/mol. The normalized spacial score (nSPS) is 10.4. The van der Waals surface area contributed by atoms with Crippen molar-refractivity contribution in [2.75, 3.05) is 0 Å². The summed E-state index contributed by atoms with van der Waals surface area (Å²) in [4.78, 5) is 7.61. The van der Waals surface area contributed by atoms with Gasteiger partial charge in [-0.2, -0.15) is 0 Å². The summed E-state index contributed by atoms with van der Waals surface area (Å²) in [5.41, 5.74) is 2.98. The van der Waals surface area contributed by atoms with E-state index in [0.717, 1.165) is 5.56 Å². The van der Waals surface area contributed by atoms with Crippen LogP contribution in [0.5, 0.6) is 11.5 Å². The number of benzene rings is 2. The Morgan fingerprint density at radius 1 is 0.711 bits per heavy atom. The zero-order valence-corrected chi connectivity index (χ0v) is 23.1. The maximum absolute atomic E-state index is 13.5. The maximum atomic E-state index is 13.5. The molecule has 0 saturated heterocycles. The monoisotopic (exact) mass is 586 g/mol. The van der Waals surface area contributed by atoms with Gasteiger partial charge in [0, 0.05) is 35.9 Å². The van der Waals surface area contributed by atoms with Crippen molar-refractivity contribution in [3.8, 4) is 22.6 Å². The van der Waals surface area contributed by atoms with E-state index in [1.165, 1.54) is 36.7 Å². The van der Waals surface area contributed by atoms with Gasteiger partial charge in [0.05, 0.1) is 4.47 Å². The van der Waals surface area contributed by atoms with Gasteiger partial charge in [0.2, 0.25) is 0 Å². The summed E-state index contributed by atoms with van der Waals surface area (Å²) in [5.74, 6) is -0.191. The fourth-order valence-corrected chi connectivity index (χ4v) is 3.82. The fourth-order valence-electron chi connectivity index (χ4n) is 3.37. The van der Waals surface area contributed by atoms with Crippen LogP contribution in [0.3, 0.4) is 0 Å². The molecule has 0 spiro atoms. The molecule has 0 unspecified atom stereocenters. The number of hydrogen-bond acceptors (Lipinski definition) is 6. The van der Waals surface area contributed by atoms with Crippen LogP contribution in [0.15, 0.2) is 77.8 Å². The molecule has 0 bridgehead atoms. The largest absolute Gasteiger partial charge is 0.507 e. The van der Waals surface area contributed by atoms with Crippen LogP contribution in [-0.4, -0.2) is 37.3 Å². The maximum Gasteiger partial charge on any atom is 0.488 e. The summed E-state index contributed by atoms with van der Waals surface area (Å²) in [7, 11) is -1.38. The third-order valence-corrected chi connectivity index (χ3v) is 6.01. The zero-order chi connectivity index (χ0) is 28.4. The molecule has 0 aliphatic carbocycles. The molecule has 0 aliphatic heterocycles. The summed E-state index contributed by atoms with van der Waals surface area (Å²) in [6, 6.07) is 11.9. The van der Waals surface area contributed by atoms with E-state index in [4.69, 9.17) is 10.0 Å². The van der Waals surface area contributed by atoms with Crippen molar-refractivity contribution >= 4 is 28.5 Å². The lowest BCUT2D eigenvalue weighted by Gasteiger charge is -2.13. The second-order valence-electron chi connectivity index (χ2n) is 8.92. The molecule has 2 aromatic carbocycles. The first kappa shape index (κ1) is 30.9. The Kier molecular flexibility index (Phi) is 11.8. The van der Waals surface area contributed by atoms with Crippen molar-refractivity contribution in [3.05, 3.63) is 101 Å². The molecule has 4 rings (SSSR count). The smallest absolute Gasteiger partial charge is 0.488 e. The minimum atomic E-state index is -1.38. The van der Waals surface area contributed by atoms with Crippen LogP contribution in [-0.2, 0) is 0 Å². The Balaban J connectivity index is 0.000000212. The lowest BCUT2D eigenvalue weighted by Crippen LogP contribution is -2.29. The molecule has 10 heteroatoms. The molecule has 4 aromatic rings. The Morgan fingerprint density at radius 2 is 1.16 bits per heavy atom. The van der Waals surface area contributed by atoms with Crippen LogP contribution >= 0.6 is 15.9 Å². The highest BCUT2D eigenvalue weighted by Gasteiger charge is 2.14. The van der Waals surface area contributed by atoms with Gasteiger partial charge in [0.25, 0.3) is 0 Å². The number of halogens is 3. The lowest BCUT2D eigenvalue weighted by molar-refractivity contribution is 0.425. The fraction of sp³-hybridized carbons (Fsp3) is 0.214. The highest BCUT2D eigenvalue weighted by molar-refractivity contribution is 9.10. The Morgan fingerprint density at radius 3 is 1.61 bits per heavy atom. The first-order valence-corrected chi connectivity index (χ1v) is 12.6. The summed E-state index contributed by atoms with van der Waals surface area (Å²) in [5, 5.41) is 36.7. The van der Waals surface area contributed by atoms with E-state index in [2.05, 4.69) is 25.9 Å². The average Bonchev–Trinajstić information content (AvgIpc) is 2.89. The molecule has 0 aliphatic rings. The van der Waals surface area contributed by atoms with E-state index in [0.29, 0.717) is 26.6 Å². The number of hydrogen-bond donors (Lipinski definition) is 4. The number of phenolic OH excluding ortho intramolecular Hbond substituents is 2. The van der Waals surface area contributed by atoms with Gasteiger partial charge < -0.3 is 20.3 Å². The van der Waals surface area contributed by atoms with Crippen LogP contribution in [0.25, 0.3) is 11.1 Å². The second-order valence-corrected chi connectivity index (χ2v) is 9.77. The molecule has 0 fully saturated rings. The van der Waals surface area contributed by atoms with Gasteiger partial charge in [-0.15, -0.1) is 0 Å². The highest BCUT2D eigenvalue weighted by Crippen LogP contribution is 2.36. The van der Waals surface area contributed by atoms with Gasteiger partial charge in [0.15, 0.2) is 0 Å². The van der Waals surface area contributed by atoms with Gasteiger partial charge in [-0.3, -0.25) is 9.97 Å². The molecular weight excluding hydrogens is 557 g/mol. The van der Waals surface area contributed by atoms with Crippen LogP contribution in [0.1, 0.15) is 50.7 Å². The molecular formula is C28H30BBrF2N2O4. The van der Waals surface area contributed by atoms with Gasteiger partial charge in [-0.1, -0.05) is 27.7 Å². The Hall–Kier alpha value is -3.34. The van der Waals surface area contributed by atoms with Crippen LogP contribution in [0.2, 0.25) is 0 Å². The molecule has 0 saturated carbocycles. The second kappa shape index (κ2) is 14.6. The van der Waals surface area contributed by atoms with Crippen molar-refractivity contribution in [2.45, 2.75) is 39.5 Å². The molecule has 38 heavy (non-hydrogen) atoms. The van der Waals surface area contributed by atoms with Gasteiger partial charge >= 0.3 is 7.12 Å². The summed E-state index contributed by atoms with van der Waals surface area (Å²) >= 11 is 3.08. The molecule has 2 heterocycles. The molecule has 4 N–H and O–H groups in total. The summed E-state index contributed by atoms with van der Waals surface area (Å²) in [6.45, 7) is 7.65. The van der Waals surface area contributed by atoms with Gasteiger partial charge in [-0.05, 0) is 92.9 Å². The quantitative estimate of drug-likeness (QED) is 0.222. The molecule has 200 valence electrons. The van der Waals surface area contributed by atoms with E-state index < -0.39 is 7.12 Å². The Bertz CT molecular complexity index is 1310. The molecule has 6 nitrogen and oxygen atoms in total. The van der Waals surface area contributed by atoms with E-state index in [1.54, 1.807) is 36.7 Å². The standard InChI is InChI=1S/C14H14FNO.C9H10BrFO.C5H6BNO2/c1-9(2)12-7-11(15)8-13(14(12)17)10-3-5-16-6-4-10;1-5(2)7-3-6(11)4-8(10)9(7)12;8-6(9)5-1-3-7-4-2-5/h3-9,17H,1-2H3;3-5,12H,1-2H3;1-4,8-9H. The van der Waals surface area contributed by atoms with Crippen molar-refractivity contribution in [1.82, 2.24) is 9.97 Å². The lowest BCUT2D eigenvalue weighted by atomic mass is 9.81. The topological polar surface area (TPSA) is 107 Å². The van der Waals surface area contributed by atoms with Crippen LogP contribution in [0.4, 0.5) is 8.78 Å². The molecule has 0 atom stereocenters. The number of rotatable bonds is 4. The van der Waals surface area contributed by atoms with Gasteiger partial charge in [-0.25, -0.2) is 8.78 Å². The molecule has 2 aromatic heterocycles. The van der Waals surface area contributed by atoms with E-state index in [-0.39, 0.29) is 35.0 Å². The number of pyridine rings is 2. The number of aromatic nitrogens is 2. The third-order valence-electron chi connectivity index (χ3n) is 5.40. The van der Waals surface area contributed by atoms with Crippen LogP contribution in [0, 0.1) is 11.6 Å². The Labute approximate surface area is 230 Å². The SMILES string of the molecule is CC(C)c1cc(F)cc(-c2ccncc2)c1O.CC(C)c1cc(F)cc(Br)c1O.OB(O)c1ccncc1. The predicted octanol–water partition coefficient (Wildman–Crippen LogP) is 5.90. The van der Waals surface area contributed by atoms with Crippen molar-refractivity contribution in [2.24, 2.45) is 0 Å². The highest BCUT2D eigenvalue weighted by atomic mass is 79.9. The number of phenols is 2. The van der Waals surface area contributed by atoms with Crippen molar-refractivity contribution in [1.29, 1.82) is 0 Å². The first-order valence-electron chi connectivity index (χ1n) is 11.8. The number of nitrogens with zero attached hydrogens (tertiary/aromatic N) is 2. The van der Waals surface area contributed by atoms with E-state index >= 15 is 0 Å². The van der Waals surface area contributed by atoms with Crippen LogP contribution < -0.4 is 5.46 Å². The third kappa shape index (κ3) is 8.90. The molecule has 0 amide bonds.